The van der Waals surface area contributed by atoms with Gasteiger partial charge in [-0.05, 0) is 24.1 Å². The van der Waals surface area contributed by atoms with Gasteiger partial charge in [0, 0.05) is 43.8 Å². The maximum atomic E-state index is 6.28. The molecule has 1 saturated heterocycles. The van der Waals surface area contributed by atoms with Gasteiger partial charge in [-0.25, -0.2) is 0 Å². The summed E-state index contributed by atoms with van der Waals surface area (Å²) in [5.41, 5.74) is 2.55. The van der Waals surface area contributed by atoms with E-state index in [1.54, 1.807) is 7.11 Å². The Labute approximate surface area is 159 Å². The molecule has 0 N–H and O–H groups in total. The van der Waals surface area contributed by atoms with Crippen molar-refractivity contribution < 1.29 is 4.74 Å². The molecule has 2 aliphatic rings. The lowest BCUT2D eigenvalue weighted by Crippen LogP contribution is -2.47. The van der Waals surface area contributed by atoms with Crippen molar-refractivity contribution >= 4 is 28.9 Å². The van der Waals surface area contributed by atoms with Gasteiger partial charge in [0.05, 0.1) is 17.2 Å². The van der Waals surface area contributed by atoms with Crippen LogP contribution in [0.2, 0.25) is 10.0 Å². The first-order valence-electron chi connectivity index (χ1n) is 8.74. The lowest BCUT2D eigenvalue weighted by atomic mass is 10.1. The summed E-state index contributed by atoms with van der Waals surface area (Å²) < 4.78 is 5.24. The third-order valence-corrected chi connectivity index (χ3v) is 5.88. The largest absolute Gasteiger partial charge is 0.494 e. The lowest BCUT2D eigenvalue weighted by Gasteiger charge is -2.36. The molecule has 1 aliphatic carbocycles. The van der Waals surface area contributed by atoms with E-state index < -0.39 is 0 Å². The van der Waals surface area contributed by atoms with Crippen molar-refractivity contribution in [3.05, 3.63) is 58.1 Å². The van der Waals surface area contributed by atoms with Crippen LogP contribution in [0.3, 0.4) is 0 Å². The van der Waals surface area contributed by atoms with Gasteiger partial charge in [0.15, 0.2) is 5.75 Å². The minimum Gasteiger partial charge on any atom is -0.494 e. The third kappa shape index (κ3) is 3.46. The Bertz CT molecular complexity index is 722. The molecule has 0 bridgehead atoms. The second kappa shape index (κ2) is 7.06. The van der Waals surface area contributed by atoms with Crippen LogP contribution in [-0.4, -0.2) is 44.2 Å². The number of hydrogen-bond donors (Lipinski definition) is 0. The van der Waals surface area contributed by atoms with Crippen molar-refractivity contribution in [1.29, 1.82) is 0 Å². The van der Waals surface area contributed by atoms with E-state index in [0.29, 0.717) is 27.8 Å². The molecular formula is C20H22Cl2N2O. The molecule has 2 aromatic rings. The fraction of sp³-hybridized carbons (Fsp3) is 0.400. The molecule has 0 unspecified atom stereocenters. The second-order valence-corrected chi connectivity index (χ2v) is 7.60. The van der Waals surface area contributed by atoms with Gasteiger partial charge in [-0.15, -0.1) is 0 Å². The smallest absolute Gasteiger partial charge is 0.156 e. The fourth-order valence-electron chi connectivity index (χ4n) is 3.88. The molecule has 0 aromatic heterocycles. The number of hydrogen-bond acceptors (Lipinski definition) is 3. The SMILES string of the molecule is COc1c(Cl)cc(N2CCN([C@H]3C[C@@H]3c3ccccc3)CC2)cc1Cl. The summed E-state index contributed by atoms with van der Waals surface area (Å²) in [5, 5.41) is 1.14. The van der Waals surface area contributed by atoms with Crippen molar-refractivity contribution in [2.75, 3.05) is 38.2 Å². The van der Waals surface area contributed by atoms with Gasteiger partial charge in [0.2, 0.25) is 0 Å². The van der Waals surface area contributed by atoms with E-state index in [1.807, 2.05) is 12.1 Å². The summed E-state index contributed by atoms with van der Waals surface area (Å²) in [7, 11) is 1.59. The molecule has 0 amide bonds. The van der Waals surface area contributed by atoms with Gasteiger partial charge < -0.3 is 9.64 Å². The minimum atomic E-state index is 0.550. The first-order chi connectivity index (χ1) is 12.2. The van der Waals surface area contributed by atoms with E-state index >= 15 is 0 Å². The maximum Gasteiger partial charge on any atom is 0.156 e. The zero-order valence-corrected chi connectivity index (χ0v) is 15.8. The summed E-state index contributed by atoms with van der Waals surface area (Å²) in [4.78, 5) is 4.98. The summed E-state index contributed by atoms with van der Waals surface area (Å²) in [6, 6.07) is 15.5. The average Bonchev–Trinajstić information content (AvgIpc) is 3.43. The van der Waals surface area contributed by atoms with Crippen molar-refractivity contribution in [2.24, 2.45) is 0 Å². The predicted molar refractivity (Wildman–Crippen MR) is 104 cm³/mol. The molecule has 2 fully saturated rings. The van der Waals surface area contributed by atoms with Crippen molar-refractivity contribution in [3.63, 3.8) is 0 Å². The molecular weight excluding hydrogens is 355 g/mol. The molecule has 2 aromatic carbocycles. The minimum absolute atomic E-state index is 0.550. The number of piperazine rings is 1. The van der Waals surface area contributed by atoms with E-state index in [-0.39, 0.29) is 0 Å². The molecule has 1 saturated carbocycles. The Morgan fingerprint density at radius 1 is 0.960 bits per heavy atom. The number of anilines is 1. The Morgan fingerprint density at radius 3 is 2.20 bits per heavy atom. The highest BCUT2D eigenvalue weighted by Crippen LogP contribution is 2.45. The molecule has 3 nitrogen and oxygen atoms in total. The quantitative estimate of drug-likeness (QED) is 0.770. The van der Waals surface area contributed by atoms with Crippen LogP contribution in [0.1, 0.15) is 17.9 Å². The summed E-state index contributed by atoms with van der Waals surface area (Å²) in [5.74, 6) is 1.26. The highest BCUT2D eigenvalue weighted by Gasteiger charge is 2.43. The van der Waals surface area contributed by atoms with Gasteiger partial charge in [-0.2, -0.15) is 0 Å². The van der Waals surface area contributed by atoms with Crippen LogP contribution in [0.15, 0.2) is 42.5 Å². The van der Waals surface area contributed by atoms with Crippen LogP contribution in [0, 0.1) is 0 Å². The molecule has 4 rings (SSSR count). The van der Waals surface area contributed by atoms with E-state index in [9.17, 15) is 0 Å². The van der Waals surface area contributed by atoms with E-state index in [1.165, 1.54) is 12.0 Å². The highest BCUT2D eigenvalue weighted by atomic mass is 35.5. The average molecular weight is 377 g/mol. The predicted octanol–water partition coefficient (Wildman–Crippen LogP) is 4.68. The molecule has 2 atom stereocenters. The zero-order chi connectivity index (χ0) is 17.4. The third-order valence-electron chi connectivity index (χ3n) is 5.32. The molecule has 1 heterocycles. The number of halogens is 2. The van der Waals surface area contributed by atoms with Gasteiger partial charge in [-0.3, -0.25) is 4.90 Å². The number of benzene rings is 2. The Balaban J connectivity index is 1.38. The van der Waals surface area contributed by atoms with Gasteiger partial charge >= 0.3 is 0 Å². The first-order valence-corrected chi connectivity index (χ1v) is 9.50. The molecule has 0 spiro atoms. The maximum absolute atomic E-state index is 6.28. The normalized spacial score (nSPS) is 23.6. The van der Waals surface area contributed by atoms with Crippen LogP contribution in [-0.2, 0) is 0 Å². The second-order valence-electron chi connectivity index (χ2n) is 6.79. The van der Waals surface area contributed by atoms with Crippen LogP contribution in [0.25, 0.3) is 0 Å². The number of ether oxygens (including phenoxy) is 1. The molecule has 132 valence electrons. The van der Waals surface area contributed by atoms with E-state index in [2.05, 4.69) is 40.1 Å². The van der Waals surface area contributed by atoms with E-state index in [4.69, 9.17) is 27.9 Å². The Hall–Kier alpha value is -1.42. The highest BCUT2D eigenvalue weighted by molar-refractivity contribution is 6.37. The van der Waals surface area contributed by atoms with Crippen LogP contribution < -0.4 is 9.64 Å². The zero-order valence-electron chi connectivity index (χ0n) is 14.3. The summed E-state index contributed by atoms with van der Waals surface area (Å²) >= 11 is 12.6. The molecule has 1 aliphatic heterocycles. The summed E-state index contributed by atoms with van der Waals surface area (Å²) in [6.07, 6.45) is 1.28. The van der Waals surface area contributed by atoms with Crippen molar-refractivity contribution in [1.82, 2.24) is 4.90 Å². The summed E-state index contributed by atoms with van der Waals surface area (Å²) in [6.45, 7) is 4.15. The molecule has 25 heavy (non-hydrogen) atoms. The van der Waals surface area contributed by atoms with Gasteiger partial charge in [0.25, 0.3) is 0 Å². The van der Waals surface area contributed by atoms with Gasteiger partial charge in [-0.1, -0.05) is 53.5 Å². The lowest BCUT2D eigenvalue weighted by molar-refractivity contribution is 0.244. The van der Waals surface area contributed by atoms with Crippen molar-refractivity contribution in [2.45, 2.75) is 18.4 Å². The topological polar surface area (TPSA) is 15.7 Å². The number of nitrogens with zero attached hydrogens (tertiary/aromatic N) is 2. The fourth-order valence-corrected chi connectivity index (χ4v) is 4.51. The number of rotatable bonds is 4. The van der Waals surface area contributed by atoms with Crippen LogP contribution in [0.4, 0.5) is 5.69 Å². The first kappa shape index (κ1) is 17.0. The van der Waals surface area contributed by atoms with Crippen molar-refractivity contribution in [3.8, 4) is 5.75 Å². The molecule has 5 heteroatoms. The standard InChI is InChI=1S/C20H22Cl2N2O/c1-25-20-17(21)11-15(12-18(20)22)23-7-9-24(10-8-23)19-13-16(19)14-5-3-2-4-6-14/h2-6,11-12,16,19H,7-10,13H2,1H3/t16-,19+/m1/s1. The van der Waals surface area contributed by atoms with Gasteiger partial charge in [0.1, 0.15) is 0 Å². The monoisotopic (exact) mass is 376 g/mol. The van der Waals surface area contributed by atoms with E-state index in [0.717, 1.165) is 31.9 Å². The molecule has 0 radical (unpaired) electrons. The number of methoxy groups -OCH3 is 1. The van der Waals surface area contributed by atoms with Crippen LogP contribution >= 0.6 is 23.2 Å². The Morgan fingerprint density at radius 2 is 1.60 bits per heavy atom. The van der Waals surface area contributed by atoms with Crippen LogP contribution in [0.5, 0.6) is 5.75 Å². The Kier molecular flexibility index (Phi) is 4.81.